The molecule has 0 bridgehead atoms. The molecule has 1 rings (SSSR count). The molecule has 0 saturated carbocycles. The minimum absolute atomic E-state index is 0.0177. The standard InChI is InChI=1S/C16H23NO4/c1-2-3-4-5-6-7-11-21-13-16(18)14-9-8-10-15(12-14)17(19)20/h8-10,12H,2-7,11,13H2,1H3. The first-order valence-corrected chi connectivity index (χ1v) is 7.50. The van der Waals surface area contributed by atoms with Gasteiger partial charge >= 0.3 is 0 Å². The number of Topliss-reactive ketones (excluding diaryl/α,β-unsaturated/α-hetero) is 1. The lowest BCUT2D eigenvalue weighted by Crippen LogP contribution is -2.10. The van der Waals surface area contributed by atoms with Crippen molar-refractivity contribution in [3.05, 3.63) is 39.9 Å². The van der Waals surface area contributed by atoms with E-state index in [0.717, 1.165) is 12.8 Å². The number of non-ortho nitro benzene ring substituents is 1. The second kappa shape index (κ2) is 10.0. The molecule has 0 atom stereocenters. The van der Waals surface area contributed by atoms with Crippen molar-refractivity contribution in [1.29, 1.82) is 0 Å². The lowest BCUT2D eigenvalue weighted by Gasteiger charge is -2.04. The Morgan fingerprint density at radius 1 is 1.19 bits per heavy atom. The molecule has 0 radical (unpaired) electrons. The molecule has 0 fully saturated rings. The Hall–Kier alpha value is -1.75. The van der Waals surface area contributed by atoms with Gasteiger partial charge < -0.3 is 4.74 Å². The highest BCUT2D eigenvalue weighted by atomic mass is 16.6. The van der Waals surface area contributed by atoms with Gasteiger partial charge in [-0.3, -0.25) is 14.9 Å². The number of hydrogen-bond acceptors (Lipinski definition) is 4. The predicted molar refractivity (Wildman–Crippen MR) is 81.6 cm³/mol. The van der Waals surface area contributed by atoms with Gasteiger partial charge in [0.15, 0.2) is 5.78 Å². The second-order valence-corrected chi connectivity index (χ2v) is 5.05. The van der Waals surface area contributed by atoms with Crippen LogP contribution in [0.3, 0.4) is 0 Å². The van der Waals surface area contributed by atoms with E-state index >= 15 is 0 Å². The SMILES string of the molecule is CCCCCCCCOCC(=O)c1cccc([N+](=O)[O-])c1. The van der Waals surface area contributed by atoms with E-state index in [2.05, 4.69) is 6.92 Å². The average molecular weight is 293 g/mol. The molecule has 0 aliphatic carbocycles. The Morgan fingerprint density at radius 2 is 1.90 bits per heavy atom. The summed E-state index contributed by atoms with van der Waals surface area (Å²) in [5.41, 5.74) is 0.254. The Morgan fingerprint density at radius 3 is 2.62 bits per heavy atom. The van der Waals surface area contributed by atoms with Crippen LogP contribution in [0.25, 0.3) is 0 Å². The fraction of sp³-hybridized carbons (Fsp3) is 0.562. The van der Waals surface area contributed by atoms with Crippen LogP contribution in [0, 0.1) is 10.1 Å². The van der Waals surface area contributed by atoms with Gasteiger partial charge in [0.05, 0.1) is 4.92 Å². The summed E-state index contributed by atoms with van der Waals surface area (Å²) in [6, 6.07) is 5.74. The zero-order chi connectivity index (χ0) is 15.5. The summed E-state index contributed by atoms with van der Waals surface area (Å²) in [5.74, 6) is -0.218. The minimum atomic E-state index is -0.506. The Bertz CT molecular complexity index is 459. The summed E-state index contributed by atoms with van der Waals surface area (Å²) in [5, 5.41) is 10.6. The van der Waals surface area contributed by atoms with E-state index < -0.39 is 4.92 Å². The van der Waals surface area contributed by atoms with Crippen molar-refractivity contribution in [3.8, 4) is 0 Å². The molecule has 0 amide bonds. The molecule has 21 heavy (non-hydrogen) atoms. The van der Waals surface area contributed by atoms with Crippen LogP contribution >= 0.6 is 0 Å². The lowest BCUT2D eigenvalue weighted by atomic mass is 10.1. The topological polar surface area (TPSA) is 69.4 Å². The second-order valence-electron chi connectivity index (χ2n) is 5.05. The summed E-state index contributed by atoms with van der Waals surface area (Å²) in [7, 11) is 0. The number of ether oxygens (including phenoxy) is 1. The highest BCUT2D eigenvalue weighted by molar-refractivity contribution is 5.97. The smallest absolute Gasteiger partial charge is 0.270 e. The number of rotatable bonds is 11. The summed E-state index contributed by atoms with van der Waals surface area (Å²) in [6.07, 6.45) is 7.02. The third-order valence-electron chi connectivity index (χ3n) is 3.25. The molecule has 0 N–H and O–H groups in total. The number of hydrogen-bond donors (Lipinski definition) is 0. The third-order valence-corrected chi connectivity index (χ3v) is 3.25. The van der Waals surface area contributed by atoms with Crippen LogP contribution in [-0.4, -0.2) is 23.9 Å². The first kappa shape index (κ1) is 17.3. The van der Waals surface area contributed by atoms with Crippen molar-refractivity contribution in [3.63, 3.8) is 0 Å². The number of carbonyl (C=O) groups excluding carboxylic acids is 1. The number of nitrogens with zero attached hydrogens (tertiary/aromatic N) is 1. The molecule has 0 unspecified atom stereocenters. The van der Waals surface area contributed by atoms with Crippen LogP contribution in [0.4, 0.5) is 5.69 Å². The number of carbonyl (C=O) groups is 1. The highest BCUT2D eigenvalue weighted by Crippen LogP contribution is 2.13. The first-order chi connectivity index (χ1) is 10.1. The summed E-state index contributed by atoms with van der Waals surface area (Å²) < 4.78 is 5.34. The van der Waals surface area contributed by atoms with E-state index in [1.165, 1.54) is 43.9 Å². The van der Waals surface area contributed by atoms with Gasteiger partial charge in [-0.05, 0) is 6.42 Å². The van der Waals surface area contributed by atoms with E-state index in [-0.39, 0.29) is 18.1 Å². The molecule has 1 aromatic rings. The molecule has 0 aromatic heterocycles. The van der Waals surface area contributed by atoms with Crippen LogP contribution < -0.4 is 0 Å². The van der Waals surface area contributed by atoms with Gasteiger partial charge in [-0.1, -0.05) is 51.2 Å². The number of unbranched alkanes of at least 4 members (excludes halogenated alkanes) is 5. The van der Waals surface area contributed by atoms with Crippen LogP contribution in [0.5, 0.6) is 0 Å². The molecular formula is C16H23NO4. The number of ketones is 1. The quantitative estimate of drug-likeness (QED) is 0.266. The molecular weight excluding hydrogens is 270 g/mol. The van der Waals surface area contributed by atoms with Gasteiger partial charge in [-0.2, -0.15) is 0 Å². The van der Waals surface area contributed by atoms with Crippen LogP contribution in [0.15, 0.2) is 24.3 Å². The maximum Gasteiger partial charge on any atom is 0.270 e. The number of benzene rings is 1. The fourth-order valence-electron chi connectivity index (χ4n) is 2.03. The van der Waals surface area contributed by atoms with E-state index in [1.807, 2.05) is 0 Å². The van der Waals surface area contributed by atoms with Crippen molar-refractivity contribution < 1.29 is 14.5 Å². The maximum atomic E-state index is 11.8. The van der Waals surface area contributed by atoms with Crippen LogP contribution in [0.2, 0.25) is 0 Å². The minimum Gasteiger partial charge on any atom is -0.373 e. The van der Waals surface area contributed by atoms with Crippen molar-refractivity contribution in [2.45, 2.75) is 45.4 Å². The van der Waals surface area contributed by atoms with Gasteiger partial charge in [0.2, 0.25) is 0 Å². The number of nitro benzene ring substituents is 1. The predicted octanol–water partition coefficient (Wildman–Crippen LogP) is 4.15. The summed E-state index contributed by atoms with van der Waals surface area (Å²) in [4.78, 5) is 22.0. The molecule has 0 aliphatic rings. The van der Waals surface area contributed by atoms with Crippen molar-refractivity contribution in [2.24, 2.45) is 0 Å². The van der Waals surface area contributed by atoms with Gasteiger partial charge in [-0.25, -0.2) is 0 Å². The Labute approximate surface area is 125 Å². The van der Waals surface area contributed by atoms with E-state index in [1.54, 1.807) is 6.07 Å². The van der Waals surface area contributed by atoms with Crippen molar-refractivity contribution >= 4 is 11.5 Å². The van der Waals surface area contributed by atoms with Crippen LogP contribution in [0.1, 0.15) is 55.8 Å². The molecule has 0 spiro atoms. The molecule has 116 valence electrons. The highest BCUT2D eigenvalue weighted by Gasteiger charge is 2.11. The summed E-state index contributed by atoms with van der Waals surface area (Å²) in [6.45, 7) is 2.73. The third kappa shape index (κ3) is 6.99. The monoisotopic (exact) mass is 293 g/mol. The van der Waals surface area contributed by atoms with Gasteiger partial charge in [0, 0.05) is 24.3 Å². The average Bonchev–Trinajstić information content (AvgIpc) is 2.49. The molecule has 1 aromatic carbocycles. The Balaban J connectivity index is 2.22. The largest absolute Gasteiger partial charge is 0.373 e. The normalized spacial score (nSPS) is 10.5. The molecule has 5 nitrogen and oxygen atoms in total. The maximum absolute atomic E-state index is 11.8. The number of nitro groups is 1. The summed E-state index contributed by atoms with van der Waals surface area (Å²) >= 11 is 0. The lowest BCUT2D eigenvalue weighted by molar-refractivity contribution is -0.384. The van der Waals surface area contributed by atoms with E-state index in [0.29, 0.717) is 12.2 Å². The molecule has 0 saturated heterocycles. The van der Waals surface area contributed by atoms with E-state index in [9.17, 15) is 14.9 Å². The Kier molecular flexibility index (Phi) is 8.28. The van der Waals surface area contributed by atoms with E-state index in [4.69, 9.17) is 4.74 Å². The zero-order valence-electron chi connectivity index (χ0n) is 12.5. The zero-order valence-corrected chi connectivity index (χ0v) is 12.5. The molecule has 0 heterocycles. The van der Waals surface area contributed by atoms with Gasteiger partial charge in [0.1, 0.15) is 6.61 Å². The van der Waals surface area contributed by atoms with Crippen molar-refractivity contribution in [2.75, 3.05) is 13.2 Å². The van der Waals surface area contributed by atoms with Crippen LogP contribution in [-0.2, 0) is 4.74 Å². The van der Waals surface area contributed by atoms with Crippen molar-refractivity contribution in [1.82, 2.24) is 0 Å². The fourth-order valence-corrected chi connectivity index (χ4v) is 2.03. The van der Waals surface area contributed by atoms with Gasteiger partial charge in [0.25, 0.3) is 5.69 Å². The van der Waals surface area contributed by atoms with Gasteiger partial charge in [-0.15, -0.1) is 0 Å². The first-order valence-electron chi connectivity index (χ1n) is 7.50. The molecule has 0 aliphatic heterocycles. The molecule has 5 heteroatoms.